The first kappa shape index (κ1) is 13.3. The van der Waals surface area contributed by atoms with Crippen molar-refractivity contribution in [1.82, 2.24) is 20.4 Å². The Hall–Kier alpha value is -1.76. The van der Waals surface area contributed by atoms with Crippen LogP contribution < -0.4 is 16.4 Å². The number of anilines is 1. The number of aromatic nitrogens is 2. The summed E-state index contributed by atoms with van der Waals surface area (Å²) in [6.45, 7) is 3.77. The van der Waals surface area contributed by atoms with Crippen LogP contribution in [0.15, 0.2) is 6.20 Å². The number of carbonyl (C=O) groups excluding carboxylic acids is 2. The van der Waals surface area contributed by atoms with Gasteiger partial charge in [0.2, 0.25) is 0 Å². The standard InChI is InChI=1S/C9H14ClN5O2/c1-3-12-9(17)13-8(16)5(2)15-4-6(10)7(11)14-15/h4-5H,3H2,1-2H3,(H2,11,14)(H2,12,13,16,17). The number of hydrogen-bond donors (Lipinski definition) is 3. The highest BCUT2D eigenvalue weighted by Crippen LogP contribution is 2.18. The quantitative estimate of drug-likeness (QED) is 0.737. The van der Waals surface area contributed by atoms with Crippen LogP contribution in [0.2, 0.25) is 5.02 Å². The second-order valence-corrected chi connectivity index (χ2v) is 3.77. The monoisotopic (exact) mass is 259 g/mol. The number of nitrogens with one attached hydrogen (secondary N) is 2. The van der Waals surface area contributed by atoms with Crippen molar-refractivity contribution in [3.63, 3.8) is 0 Å². The van der Waals surface area contributed by atoms with E-state index < -0.39 is 18.0 Å². The molecule has 0 bridgehead atoms. The minimum Gasteiger partial charge on any atom is -0.381 e. The third-order valence-electron chi connectivity index (χ3n) is 2.06. The summed E-state index contributed by atoms with van der Waals surface area (Å²) in [5.74, 6) is -0.348. The Morgan fingerprint density at radius 1 is 1.65 bits per heavy atom. The SMILES string of the molecule is CCNC(=O)NC(=O)C(C)n1cc(Cl)c(N)n1. The molecule has 3 amide bonds. The Balaban J connectivity index is 2.66. The maximum absolute atomic E-state index is 11.6. The number of carbonyl (C=O) groups is 2. The number of nitrogens with zero attached hydrogens (tertiary/aromatic N) is 2. The minimum absolute atomic E-state index is 0.143. The summed E-state index contributed by atoms with van der Waals surface area (Å²) >= 11 is 5.71. The van der Waals surface area contributed by atoms with Gasteiger partial charge in [0.1, 0.15) is 11.1 Å². The number of amides is 3. The molecule has 0 spiro atoms. The summed E-state index contributed by atoms with van der Waals surface area (Å²) in [6.07, 6.45) is 1.43. The zero-order valence-corrected chi connectivity index (χ0v) is 10.3. The van der Waals surface area contributed by atoms with Gasteiger partial charge in [-0.05, 0) is 13.8 Å². The molecule has 1 heterocycles. The lowest BCUT2D eigenvalue weighted by molar-refractivity contribution is -0.123. The van der Waals surface area contributed by atoms with E-state index in [2.05, 4.69) is 15.7 Å². The fourth-order valence-electron chi connectivity index (χ4n) is 1.12. The van der Waals surface area contributed by atoms with Gasteiger partial charge in [-0.25, -0.2) is 4.79 Å². The van der Waals surface area contributed by atoms with Gasteiger partial charge in [-0.2, -0.15) is 5.10 Å². The molecule has 1 aromatic heterocycles. The third kappa shape index (κ3) is 3.35. The second-order valence-electron chi connectivity index (χ2n) is 3.37. The van der Waals surface area contributed by atoms with Gasteiger partial charge >= 0.3 is 6.03 Å². The fourth-order valence-corrected chi connectivity index (χ4v) is 1.26. The van der Waals surface area contributed by atoms with Crippen molar-refractivity contribution in [1.29, 1.82) is 0 Å². The number of nitrogen functional groups attached to an aromatic ring is 1. The highest BCUT2D eigenvalue weighted by Gasteiger charge is 2.19. The lowest BCUT2D eigenvalue weighted by Crippen LogP contribution is -2.42. The summed E-state index contributed by atoms with van der Waals surface area (Å²) in [7, 11) is 0. The summed E-state index contributed by atoms with van der Waals surface area (Å²) < 4.78 is 1.30. The third-order valence-corrected chi connectivity index (χ3v) is 2.36. The number of imide groups is 1. The van der Waals surface area contributed by atoms with Crippen LogP contribution in [0.5, 0.6) is 0 Å². The maximum Gasteiger partial charge on any atom is 0.321 e. The Morgan fingerprint density at radius 3 is 2.76 bits per heavy atom. The number of urea groups is 1. The normalized spacial score (nSPS) is 11.9. The average molecular weight is 260 g/mol. The van der Waals surface area contributed by atoms with E-state index in [0.717, 1.165) is 0 Å². The van der Waals surface area contributed by atoms with E-state index in [9.17, 15) is 9.59 Å². The molecule has 7 nitrogen and oxygen atoms in total. The lowest BCUT2D eigenvalue weighted by Gasteiger charge is -2.11. The Kier molecular flexibility index (Phi) is 4.33. The smallest absolute Gasteiger partial charge is 0.321 e. The second kappa shape index (κ2) is 5.53. The van der Waals surface area contributed by atoms with Crippen LogP contribution in [-0.2, 0) is 4.79 Å². The van der Waals surface area contributed by atoms with E-state index in [1.54, 1.807) is 13.8 Å². The molecule has 1 rings (SSSR count). The van der Waals surface area contributed by atoms with E-state index in [1.807, 2.05) is 0 Å². The number of hydrogen-bond acceptors (Lipinski definition) is 4. The number of nitrogens with two attached hydrogens (primary N) is 1. The molecule has 0 fully saturated rings. The van der Waals surface area contributed by atoms with Crippen LogP contribution in [0, 0.1) is 0 Å². The maximum atomic E-state index is 11.6. The van der Waals surface area contributed by atoms with Gasteiger partial charge in [-0.15, -0.1) is 0 Å². The zero-order chi connectivity index (χ0) is 13.0. The van der Waals surface area contributed by atoms with E-state index >= 15 is 0 Å². The van der Waals surface area contributed by atoms with Gasteiger partial charge in [-0.3, -0.25) is 14.8 Å². The van der Waals surface area contributed by atoms with Gasteiger partial charge in [0.05, 0.1) is 0 Å². The molecule has 0 aliphatic carbocycles. The van der Waals surface area contributed by atoms with Crippen molar-refractivity contribution in [2.24, 2.45) is 0 Å². The first-order chi connectivity index (χ1) is 7.95. The van der Waals surface area contributed by atoms with Crippen molar-refractivity contribution in [2.45, 2.75) is 19.9 Å². The fraction of sp³-hybridized carbons (Fsp3) is 0.444. The molecule has 0 saturated carbocycles. The molecule has 0 aliphatic rings. The van der Waals surface area contributed by atoms with E-state index in [0.29, 0.717) is 6.54 Å². The molecule has 1 aromatic rings. The summed E-state index contributed by atoms with van der Waals surface area (Å²) in [6, 6.07) is -1.22. The first-order valence-corrected chi connectivity index (χ1v) is 5.42. The predicted octanol–water partition coefficient (Wildman–Crippen LogP) is 0.525. The minimum atomic E-state index is -0.674. The molecule has 0 aromatic carbocycles. The first-order valence-electron chi connectivity index (χ1n) is 5.04. The van der Waals surface area contributed by atoms with Crippen molar-refractivity contribution in [3.05, 3.63) is 11.2 Å². The number of rotatable bonds is 3. The van der Waals surface area contributed by atoms with Crippen LogP contribution >= 0.6 is 11.6 Å². The van der Waals surface area contributed by atoms with Crippen molar-refractivity contribution in [3.8, 4) is 0 Å². The molecule has 1 unspecified atom stereocenters. The largest absolute Gasteiger partial charge is 0.381 e. The van der Waals surface area contributed by atoms with E-state index in [1.165, 1.54) is 10.9 Å². The highest BCUT2D eigenvalue weighted by molar-refractivity contribution is 6.32. The molecule has 1 atom stereocenters. The summed E-state index contributed by atoms with van der Waals surface area (Å²) in [5.41, 5.74) is 5.45. The van der Waals surface area contributed by atoms with Crippen LogP contribution in [0.3, 0.4) is 0 Å². The van der Waals surface area contributed by atoms with Gasteiger partial charge in [0.15, 0.2) is 5.82 Å². The zero-order valence-electron chi connectivity index (χ0n) is 9.53. The average Bonchev–Trinajstić information content (AvgIpc) is 2.58. The van der Waals surface area contributed by atoms with Crippen LogP contribution in [0.4, 0.5) is 10.6 Å². The van der Waals surface area contributed by atoms with Crippen molar-refractivity contribution in [2.75, 3.05) is 12.3 Å². The topological polar surface area (TPSA) is 102 Å². The molecule has 8 heteroatoms. The molecule has 94 valence electrons. The van der Waals surface area contributed by atoms with Crippen LogP contribution in [-0.4, -0.2) is 28.3 Å². The molecule has 0 saturated heterocycles. The van der Waals surface area contributed by atoms with Gasteiger partial charge in [0.25, 0.3) is 5.91 Å². The Bertz CT molecular complexity index is 412. The van der Waals surface area contributed by atoms with Crippen molar-refractivity contribution >= 4 is 29.4 Å². The highest BCUT2D eigenvalue weighted by atomic mass is 35.5. The van der Waals surface area contributed by atoms with Gasteiger partial charge < -0.3 is 11.1 Å². The molecule has 0 aliphatic heterocycles. The molecule has 4 N–H and O–H groups in total. The van der Waals surface area contributed by atoms with Crippen LogP contribution in [0.25, 0.3) is 0 Å². The van der Waals surface area contributed by atoms with Gasteiger partial charge in [-0.1, -0.05) is 11.6 Å². The van der Waals surface area contributed by atoms with Crippen LogP contribution in [0.1, 0.15) is 19.9 Å². The molecular formula is C9H14ClN5O2. The summed E-state index contributed by atoms with van der Waals surface area (Å²) in [4.78, 5) is 22.8. The molecular weight excluding hydrogens is 246 g/mol. The Labute approximate surface area is 103 Å². The molecule has 17 heavy (non-hydrogen) atoms. The Morgan fingerprint density at radius 2 is 2.29 bits per heavy atom. The van der Waals surface area contributed by atoms with Crippen molar-refractivity contribution < 1.29 is 9.59 Å². The van der Waals surface area contributed by atoms with E-state index in [4.69, 9.17) is 17.3 Å². The van der Waals surface area contributed by atoms with E-state index in [-0.39, 0.29) is 10.8 Å². The molecule has 0 radical (unpaired) electrons. The number of halogens is 1. The summed E-state index contributed by atoms with van der Waals surface area (Å²) in [5, 5.41) is 8.74. The van der Waals surface area contributed by atoms with Gasteiger partial charge in [0, 0.05) is 12.7 Å². The lowest BCUT2D eigenvalue weighted by atomic mass is 10.3. The predicted molar refractivity (Wildman–Crippen MR) is 63.6 cm³/mol.